The predicted octanol–water partition coefficient (Wildman–Crippen LogP) is 7.14. The third kappa shape index (κ3) is 2.61. The molecule has 0 aromatic carbocycles. The Kier molecular flexibility index (Phi) is 4.87. The van der Waals surface area contributed by atoms with E-state index in [4.69, 9.17) is 0 Å². The Morgan fingerprint density at radius 2 is 1.50 bits per heavy atom. The molecule has 0 amide bonds. The molecule has 4 fully saturated rings. The molecule has 5 rings (SSSR count). The molecular formula is C30H50O2. The van der Waals surface area contributed by atoms with E-state index < -0.39 is 5.60 Å². The lowest BCUT2D eigenvalue weighted by atomic mass is 9.33. The minimum Gasteiger partial charge on any atom is -0.393 e. The fraction of sp³-hybridized carbons (Fsp3) is 0.933. The van der Waals surface area contributed by atoms with E-state index in [0.717, 1.165) is 25.7 Å². The summed E-state index contributed by atoms with van der Waals surface area (Å²) >= 11 is 0. The van der Waals surface area contributed by atoms with Crippen LogP contribution in [0.3, 0.4) is 0 Å². The van der Waals surface area contributed by atoms with E-state index in [-0.39, 0.29) is 27.8 Å². The van der Waals surface area contributed by atoms with Crippen molar-refractivity contribution in [3.63, 3.8) is 0 Å². The average Bonchev–Trinajstić information content (AvgIpc) is 2.69. The second-order valence-electron chi connectivity index (χ2n) is 14.9. The molecule has 2 N–H and O–H groups in total. The van der Waals surface area contributed by atoms with Crippen molar-refractivity contribution in [2.45, 2.75) is 125 Å². The van der Waals surface area contributed by atoms with E-state index in [0.29, 0.717) is 29.1 Å². The Balaban J connectivity index is 1.61. The van der Waals surface area contributed by atoms with Crippen molar-refractivity contribution in [1.29, 1.82) is 0 Å². The molecule has 32 heavy (non-hydrogen) atoms. The zero-order chi connectivity index (χ0) is 23.5. The summed E-state index contributed by atoms with van der Waals surface area (Å²) in [6.45, 7) is 19.4. The summed E-state index contributed by atoms with van der Waals surface area (Å²) in [4.78, 5) is 0. The molecule has 0 aromatic heterocycles. The maximum atomic E-state index is 11.9. The topological polar surface area (TPSA) is 40.5 Å². The smallest absolute Gasteiger partial charge is 0.0715 e. The monoisotopic (exact) mass is 442 g/mol. The summed E-state index contributed by atoms with van der Waals surface area (Å²) in [7, 11) is 0. The number of hydrogen-bond acceptors (Lipinski definition) is 2. The Hall–Kier alpha value is -0.340. The van der Waals surface area contributed by atoms with Gasteiger partial charge in [-0.05, 0) is 110 Å². The molecule has 182 valence electrons. The first-order chi connectivity index (χ1) is 14.6. The largest absolute Gasteiger partial charge is 0.393 e. The molecule has 0 aliphatic heterocycles. The molecule has 0 bridgehead atoms. The van der Waals surface area contributed by atoms with Crippen molar-refractivity contribution < 1.29 is 10.2 Å². The lowest BCUT2D eigenvalue weighted by Crippen LogP contribution is -2.66. The summed E-state index contributed by atoms with van der Waals surface area (Å²) in [6.07, 6.45) is 13.2. The molecule has 0 aromatic rings. The second kappa shape index (κ2) is 6.66. The van der Waals surface area contributed by atoms with Crippen molar-refractivity contribution in [2.24, 2.45) is 50.7 Å². The second-order valence-corrected chi connectivity index (χ2v) is 14.9. The van der Waals surface area contributed by atoms with Crippen LogP contribution in [0.5, 0.6) is 0 Å². The molecule has 2 nitrogen and oxygen atoms in total. The molecule has 5 aliphatic rings. The van der Waals surface area contributed by atoms with Gasteiger partial charge in [0.25, 0.3) is 0 Å². The van der Waals surface area contributed by atoms with E-state index in [9.17, 15) is 10.2 Å². The van der Waals surface area contributed by atoms with Gasteiger partial charge in [0.2, 0.25) is 0 Å². The van der Waals surface area contributed by atoms with Crippen LogP contribution in [-0.4, -0.2) is 21.9 Å². The summed E-state index contributed by atoms with van der Waals surface area (Å²) < 4.78 is 0. The fourth-order valence-electron chi connectivity index (χ4n) is 10.9. The number of aliphatic hydroxyl groups is 2. The van der Waals surface area contributed by atoms with Crippen molar-refractivity contribution in [1.82, 2.24) is 0 Å². The first-order valence-electron chi connectivity index (χ1n) is 13.8. The van der Waals surface area contributed by atoms with Gasteiger partial charge >= 0.3 is 0 Å². The molecule has 0 radical (unpaired) electrons. The molecule has 2 heteroatoms. The van der Waals surface area contributed by atoms with E-state index in [1.807, 2.05) is 0 Å². The van der Waals surface area contributed by atoms with Crippen LogP contribution in [0.25, 0.3) is 0 Å². The lowest BCUT2D eigenvalue weighted by molar-refractivity contribution is -0.212. The van der Waals surface area contributed by atoms with Crippen molar-refractivity contribution >= 4 is 0 Å². The van der Waals surface area contributed by atoms with Crippen LogP contribution in [0.15, 0.2) is 11.6 Å². The van der Waals surface area contributed by atoms with Crippen LogP contribution in [0.2, 0.25) is 0 Å². The third-order valence-electron chi connectivity index (χ3n) is 13.4. The maximum absolute atomic E-state index is 11.9. The highest BCUT2D eigenvalue weighted by Crippen LogP contribution is 2.75. The SMILES string of the molecule is C[C@@H]1CC[C@]2(C)CC[C@]3(C)C(=CC[C@@H]4[C@@]5(C)CC[C@H](O)C(C)(C)[C@@H]5CC[C@]43C)[C@@H]2[C@]1(C)O. The van der Waals surface area contributed by atoms with Gasteiger partial charge in [-0.2, -0.15) is 0 Å². The highest BCUT2D eigenvalue weighted by atomic mass is 16.3. The minimum atomic E-state index is -0.609. The van der Waals surface area contributed by atoms with Crippen LogP contribution in [0.1, 0.15) is 113 Å². The van der Waals surface area contributed by atoms with E-state index in [1.165, 1.54) is 32.1 Å². The van der Waals surface area contributed by atoms with Gasteiger partial charge in [-0.15, -0.1) is 0 Å². The van der Waals surface area contributed by atoms with E-state index in [1.54, 1.807) is 5.57 Å². The summed E-state index contributed by atoms with van der Waals surface area (Å²) in [5.41, 5.74) is 2.01. The third-order valence-corrected chi connectivity index (χ3v) is 13.4. The lowest BCUT2D eigenvalue weighted by Gasteiger charge is -2.72. The normalized spacial score (nSPS) is 59.2. The van der Waals surface area contributed by atoms with Gasteiger partial charge < -0.3 is 10.2 Å². The van der Waals surface area contributed by atoms with Crippen molar-refractivity contribution in [3.8, 4) is 0 Å². The molecular weight excluding hydrogens is 392 g/mol. The Morgan fingerprint density at radius 1 is 0.812 bits per heavy atom. The van der Waals surface area contributed by atoms with E-state index in [2.05, 4.69) is 61.5 Å². The minimum absolute atomic E-state index is 0.00678. The molecule has 0 saturated heterocycles. The van der Waals surface area contributed by atoms with Gasteiger partial charge in [0.05, 0.1) is 11.7 Å². The first kappa shape index (κ1) is 23.4. The van der Waals surface area contributed by atoms with Crippen LogP contribution in [-0.2, 0) is 0 Å². The summed E-state index contributed by atoms with van der Waals surface area (Å²) in [5.74, 6) is 1.93. The zero-order valence-electron chi connectivity index (χ0n) is 22.2. The zero-order valence-corrected chi connectivity index (χ0v) is 22.2. The van der Waals surface area contributed by atoms with Gasteiger partial charge in [0, 0.05) is 5.92 Å². The van der Waals surface area contributed by atoms with Crippen molar-refractivity contribution in [3.05, 3.63) is 11.6 Å². The molecule has 0 spiro atoms. The standard InChI is InChI=1S/C30H50O2/c1-19-11-14-26(4)17-18-28(6)20(24(26)30(19,8)32)9-10-22-27(5)15-13-23(31)25(2,3)21(27)12-16-29(22,28)7/h9,19,21-24,31-32H,10-18H2,1-8H3/t19-,21+,22-,23+,24+,26-,27+,28-,29-,30-/m1/s1. The van der Waals surface area contributed by atoms with Gasteiger partial charge in [-0.1, -0.05) is 60.1 Å². The van der Waals surface area contributed by atoms with E-state index >= 15 is 0 Å². The van der Waals surface area contributed by atoms with Gasteiger partial charge in [0.1, 0.15) is 0 Å². The molecule has 0 unspecified atom stereocenters. The molecule has 10 atom stereocenters. The van der Waals surface area contributed by atoms with Gasteiger partial charge in [0.15, 0.2) is 0 Å². The van der Waals surface area contributed by atoms with Crippen molar-refractivity contribution in [2.75, 3.05) is 0 Å². The average molecular weight is 443 g/mol. The molecule has 0 heterocycles. The number of fused-ring (bicyclic) bond motifs is 7. The van der Waals surface area contributed by atoms with Crippen LogP contribution >= 0.6 is 0 Å². The van der Waals surface area contributed by atoms with Gasteiger partial charge in [-0.25, -0.2) is 0 Å². The molecule has 4 saturated carbocycles. The quantitative estimate of drug-likeness (QED) is 0.391. The Morgan fingerprint density at radius 3 is 2.19 bits per heavy atom. The fourth-order valence-corrected chi connectivity index (χ4v) is 10.9. The number of hydrogen-bond donors (Lipinski definition) is 2. The summed E-state index contributed by atoms with van der Waals surface area (Å²) in [6, 6.07) is 0. The highest BCUT2D eigenvalue weighted by Gasteiger charge is 2.69. The number of aliphatic hydroxyl groups excluding tert-OH is 1. The Bertz CT molecular complexity index is 820. The van der Waals surface area contributed by atoms with Gasteiger partial charge in [-0.3, -0.25) is 0 Å². The maximum Gasteiger partial charge on any atom is 0.0715 e. The highest BCUT2D eigenvalue weighted by molar-refractivity contribution is 5.35. The van der Waals surface area contributed by atoms with Crippen LogP contribution in [0, 0.1) is 50.7 Å². The molecule has 5 aliphatic carbocycles. The Labute approximate surface area is 197 Å². The first-order valence-corrected chi connectivity index (χ1v) is 13.8. The van der Waals surface area contributed by atoms with Crippen LogP contribution < -0.4 is 0 Å². The number of rotatable bonds is 0. The summed E-state index contributed by atoms with van der Waals surface area (Å²) in [5, 5.41) is 22.8. The van der Waals surface area contributed by atoms with Crippen LogP contribution in [0.4, 0.5) is 0 Å². The number of allylic oxidation sites excluding steroid dienone is 1. The predicted molar refractivity (Wildman–Crippen MR) is 132 cm³/mol.